The number of hydrogen-bond acceptors (Lipinski definition) is 7. The van der Waals surface area contributed by atoms with Crippen LogP contribution in [0, 0.1) is 17.3 Å². The van der Waals surface area contributed by atoms with Gasteiger partial charge < -0.3 is 24.3 Å². The molecule has 2 aromatic carbocycles. The summed E-state index contributed by atoms with van der Waals surface area (Å²) >= 11 is 0. The van der Waals surface area contributed by atoms with E-state index < -0.39 is 11.3 Å². The van der Waals surface area contributed by atoms with Crippen molar-refractivity contribution in [1.82, 2.24) is 5.32 Å². The highest BCUT2D eigenvalue weighted by atomic mass is 16.5. The fourth-order valence-electron chi connectivity index (χ4n) is 8.06. The molecule has 1 atom stereocenters. The van der Waals surface area contributed by atoms with E-state index in [1.165, 1.54) is 22.3 Å². The number of methoxy groups -OCH3 is 1. The van der Waals surface area contributed by atoms with Gasteiger partial charge in [0.25, 0.3) is 0 Å². The van der Waals surface area contributed by atoms with Gasteiger partial charge in [0.1, 0.15) is 11.5 Å². The number of rotatable bonds is 13. The first-order chi connectivity index (χ1) is 22.4. The molecule has 8 nitrogen and oxygen atoms in total. The first kappa shape index (κ1) is 32.7. The molecule has 46 heavy (non-hydrogen) atoms. The lowest BCUT2D eigenvalue weighted by atomic mass is 9.76. The molecular formula is C38H49NO7. The standard InChI is InChI=1S/C38H49NO7/c1-43-20-21-44-25-31(36(41)46-34-17-13-27-7-5-9-30(27)23-34)24-38(18-2-3-19-38)37(42)39-32-14-10-28(11-15-32)35(40)45-33-16-12-26-6-4-8-29(26)22-33/h12-13,16-17,22-23,28,31-32H,2-11,14-15,18-21,24-25H2,1H3,(H,39,42). The van der Waals surface area contributed by atoms with E-state index in [9.17, 15) is 14.4 Å². The largest absolute Gasteiger partial charge is 0.426 e. The predicted molar refractivity (Wildman–Crippen MR) is 174 cm³/mol. The van der Waals surface area contributed by atoms with E-state index in [2.05, 4.69) is 17.4 Å². The maximum absolute atomic E-state index is 14.0. The predicted octanol–water partition coefficient (Wildman–Crippen LogP) is 6.08. The molecule has 2 fully saturated rings. The number of carbonyl (C=O) groups is 3. The normalized spacial score (nSPS) is 22.1. The molecule has 0 heterocycles. The maximum Gasteiger partial charge on any atom is 0.316 e. The zero-order valence-electron chi connectivity index (χ0n) is 27.3. The number of nitrogens with one attached hydrogen (secondary N) is 1. The number of aryl methyl sites for hydroxylation is 4. The molecule has 6 rings (SSSR count). The summed E-state index contributed by atoms with van der Waals surface area (Å²) in [6, 6.07) is 11.9. The highest BCUT2D eigenvalue weighted by Crippen LogP contribution is 2.44. The Kier molecular flexibility index (Phi) is 10.7. The molecule has 2 aromatic rings. The van der Waals surface area contributed by atoms with Crippen molar-refractivity contribution in [2.75, 3.05) is 26.9 Å². The molecule has 0 spiro atoms. The third-order valence-corrected chi connectivity index (χ3v) is 10.7. The highest BCUT2D eigenvalue weighted by Gasteiger charge is 2.45. The number of hydrogen-bond donors (Lipinski definition) is 1. The zero-order chi connectivity index (χ0) is 31.9. The molecule has 1 amide bonds. The molecule has 0 radical (unpaired) electrons. The van der Waals surface area contributed by atoms with Gasteiger partial charge in [0.05, 0.1) is 37.1 Å². The number of fused-ring (bicyclic) bond motifs is 2. The fourth-order valence-corrected chi connectivity index (χ4v) is 8.06. The van der Waals surface area contributed by atoms with E-state index in [1.807, 2.05) is 24.3 Å². The number of esters is 2. The van der Waals surface area contributed by atoms with Crippen LogP contribution in [0.25, 0.3) is 0 Å². The summed E-state index contributed by atoms with van der Waals surface area (Å²) in [4.78, 5) is 40.6. The Morgan fingerprint density at radius 3 is 2.02 bits per heavy atom. The second kappa shape index (κ2) is 15.1. The molecule has 0 bridgehead atoms. The zero-order valence-corrected chi connectivity index (χ0v) is 27.3. The van der Waals surface area contributed by atoms with Crippen molar-refractivity contribution in [3.8, 4) is 11.5 Å². The monoisotopic (exact) mass is 631 g/mol. The van der Waals surface area contributed by atoms with E-state index in [4.69, 9.17) is 18.9 Å². The molecule has 2 saturated carbocycles. The molecule has 248 valence electrons. The second-order valence-corrected chi connectivity index (χ2v) is 13.9. The molecule has 4 aliphatic carbocycles. The van der Waals surface area contributed by atoms with Crippen molar-refractivity contribution in [2.45, 2.75) is 102 Å². The van der Waals surface area contributed by atoms with Gasteiger partial charge in [-0.1, -0.05) is 25.0 Å². The minimum atomic E-state index is -0.643. The summed E-state index contributed by atoms with van der Waals surface area (Å²) in [5.41, 5.74) is 4.58. The van der Waals surface area contributed by atoms with Gasteiger partial charge in [0, 0.05) is 13.2 Å². The topological polar surface area (TPSA) is 100 Å². The lowest BCUT2D eigenvalue weighted by Gasteiger charge is -2.34. The van der Waals surface area contributed by atoms with Crippen LogP contribution < -0.4 is 14.8 Å². The number of carbonyl (C=O) groups excluding carboxylic acids is 3. The molecule has 4 aliphatic rings. The Labute approximate surface area is 272 Å². The smallest absolute Gasteiger partial charge is 0.316 e. The Morgan fingerprint density at radius 2 is 1.39 bits per heavy atom. The van der Waals surface area contributed by atoms with Gasteiger partial charge in [-0.2, -0.15) is 0 Å². The molecular weight excluding hydrogens is 582 g/mol. The van der Waals surface area contributed by atoms with Crippen LogP contribution in [0.3, 0.4) is 0 Å². The minimum absolute atomic E-state index is 0.00351. The summed E-state index contributed by atoms with van der Waals surface area (Å²) in [5, 5.41) is 3.33. The SMILES string of the molecule is COCCOCC(CC1(C(=O)NC2CCC(C(=O)Oc3ccc4c(c3)CCC4)CC2)CCCC1)C(=O)Oc1ccc2c(c1)CCC2. The van der Waals surface area contributed by atoms with E-state index in [-0.39, 0.29) is 36.4 Å². The van der Waals surface area contributed by atoms with Gasteiger partial charge in [-0.3, -0.25) is 14.4 Å². The Bertz CT molecular complexity index is 1390. The van der Waals surface area contributed by atoms with E-state index in [0.29, 0.717) is 44.0 Å². The number of benzene rings is 2. The Morgan fingerprint density at radius 1 is 0.783 bits per heavy atom. The van der Waals surface area contributed by atoms with Crippen LogP contribution in [0.2, 0.25) is 0 Å². The maximum atomic E-state index is 14.0. The summed E-state index contributed by atoms with van der Waals surface area (Å²) in [6.45, 7) is 0.984. The minimum Gasteiger partial charge on any atom is -0.426 e. The molecule has 8 heteroatoms. The molecule has 1 unspecified atom stereocenters. The average molecular weight is 632 g/mol. The van der Waals surface area contributed by atoms with Crippen LogP contribution in [0.15, 0.2) is 36.4 Å². The van der Waals surface area contributed by atoms with Crippen molar-refractivity contribution in [3.63, 3.8) is 0 Å². The summed E-state index contributed by atoms with van der Waals surface area (Å²) in [6.07, 6.45) is 13.1. The highest BCUT2D eigenvalue weighted by molar-refractivity contribution is 5.85. The quantitative estimate of drug-likeness (QED) is 0.163. The number of ether oxygens (including phenoxy) is 4. The average Bonchev–Trinajstić information content (AvgIpc) is 3.84. The van der Waals surface area contributed by atoms with Crippen LogP contribution >= 0.6 is 0 Å². The summed E-state index contributed by atoms with van der Waals surface area (Å²) in [7, 11) is 1.62. The van der Waals surface area contributed by atoms with Crippen LogP contribution in [-0.4, -0.2) is 50.8 Å². The molecule has 0 aromatic heterocycles. The van der Waals surface area contributed by atoms with E-state index in [0.717, 1.165) is 77.0 Å². The second-order valence-electron chi connectivity index (χ2n) is 13.9. The van der Waals surface area contributed by atoms with E-state index in [1.54, 1.807) is 7.11 Å². The van der Waals surface area contributed by atoms with Crippen LogP contribution in [-0.2, 0) is 49.5 Å². The fraction of sp³-hybridized carbons (Fsp3) is 0.605. The van der Waals surface area contributed by atoms with Crippen LogP contribution in [0.4, 0.5) is 0 Å². The first-order valence-corrected chi connectivity index (χ1v) is 17.5. The lowest BCUT2D eigenvalue weighted by Crippen LogP contribution is -2.48. The molecule has 1 N–H and O–H groups in total. The van der Waals surface area contributed by atoms with Gasteiger partial charge in [0.15, 0.2) is 0 Å². The molecule has 0 aliphatic heterocycles. The summed E-state index contributed by atoms with van der Waals surface area (Å²) in [5.74, 6) is -0.0433. The van der Waals surface area contributed by atoms with Gasteiger partial charge >= 0.3 is 11.9 Å². The lowest BCUT2D eigenvalue weighted by molar-refractivity contribution is -0.144. The van der Waals surface area contributed by atoms with Gasteiger partial charge in [-0.25, -0.2) is 0 Å². The third kappa shape index (κ3) is 7.83. The van der Waals surface area contributed by atoms with Gasteiger partial charge in [-0.15, -0.1) is 0 Å². The first-order valence-electron chi connectivity index (χ1n) is 17.5. The van der Waals surface area contributed by atoms with Crippen LogP contribution in [0.1, 0.15) is 92.9 Å². The van der Waals surface area contributed by atoms with Crippen molar-refractivity contribution < 1.29 is 33.3 Å². The van der Waals surface area contributed by atoms with E-state index >= 15 is 0 Å². The Hall–Kier alpha value is -3.23. The van der Waals surface area contributed by atoms with Crippen LogP contribution in [0.5, 0.6) is 11.5 Å². The van der Waals surface area contributed by atoms with Crippen molar-refractivity contribution >= 4 is 17.8 Å². The van der Waals surface area contributed by atoms with Crippen molar-refractivity contribution in [3.05, 3.63) is 58.7 Å². The van der Waals surface area contributed by atoms with Crippen molar-refractivity contribution in [2.24, 2.45) is 17.3 Å². The Balaban J connectivity index is 1.05. The van der Waals surface area contributed by atoms with Gasteiger partial charge in [0.2, 0.25) is 5.91 Å². The molecule has 0 saturated heterocycles. The number of amides is 1. The third-order valence-electron chi connectivity index (χ3n) is 10.7. The summed E-state index contributed by atoms with van der Waals surface area (Å²) < 4.78 is 22.7. The van der Waals surface area contributed by atoms with Gasteiger partial charge in [-0.05, 0) is 130 Å². The van der Waals surface area contributed by atoms with Crippen molar-refractivity contribution in [1.29, 1.82) is 0 Å².